The molecule has 0 fully saturated rings. The fourth-order valence-electron chi connectivity index (χ4n) is 1.81. The number of carbonyl (C=O) groups excluding carboxylic acids is 1. The molecule has 6 heteroatoms. The summed E-state index contributed by atoms with van der Waals surface area (Å²) in [6.07, 6.45) is 4.54. The van der Waals surface area contributed by atoms with Crippen molar-refractivity contribution < 1.29 is 9.21 Å². The van der Waals surface area contributed by atoms with Crippen LogP contribution >= 0.6 is 22.9 Å². The highest BCUT2D eigenvalue weighted by Gasteiger charge is 2.08. The van der Waals surface area contributed by atoms with E-state index in [1.54, 1.807) is 30.5 Å². The zero-order valence-corrected chi connectivity index (χ0v) is 12.9. The van der Waals surface area contributed by atoms with E-state index in [1.165, 1.54) is 17.4 Å². The minimum Gasteiger partial charge on any atom is -0.465 e. The fraction of sp³-hybridized carbons (Fsp3) is 0. The van der Waals surface area contributed by atoms with Crippen molar-refractivity contribution in [2.75, 3.05) is 5.32 Å². The molecular weight excluding hydrogens is 320 g/mol. The maximum Gasteiger partial charge on any atom is 0.250 e. The van der Waals surface area contributed by atoms with Crippen molar-refractivity contribution >= 4 is 40.1 Å². The standard InChI is InChI=1S/C16H11ClN2O2S/c17-13-6-2-1-5-12(13)14-10-22-16(18-14)19-15(20)8-7-11-4-3-9-21-11/h1-10H,(H,18,19,20). The Morgan fingerprint density at radius 3 is 2.91 bits per heavy atom. The van der Waals surface area contributed by atoms with E-state index in [4.69, 9.17) is 16.0 Å². The van der Waals surface area contributed by atoms with Crippen molar-refractivity contribution in [3.05, 3.63) is 64.9 Å². The number of hydrogen-bond donors (Lipinski definition) is 1. The topological polar surface area (TPSA) is 55.1 Å². The van der Waals surface area contributed by atoms with Crippen LogP contribution < -0.4 is 5.32 Å². The number of thiazole rings is 1. The first-order valence-electron chi connectivity index (χ1n) is 6.45. The number of aromatic nitrogens is 1. The highest BCUT2D eigenvalue weighted by molar-refractivity contribution is 7.14. The third kappa shape index (κ3) is 3.44. The summed E-state index contributed by atoms with van der Waals surface area (Å²) >= 11 is 7.48. The molecule has 2 aromatic heterocycles. The van der Waals surface area contributed by atoms with E-state index < -0.39 is 0 Å². The van der Waals surface area contributed by atoms with E-state index in [2.05, 4.69) is 10.3 Å². The van der Waals surface area contributed by atoms with Crippen molar-refractivity contribution in [1.29, 1.82) is 0 Å². The molecule has 2 heterocycles. The number of amides is 1. The lowest BCUT2D eigenvalue weighted by atomic mass is 10.2. The van der Waals surface area contributed by atoms with Crippen molar-refractivity contribution in [2.24, 2.45) is 0 Å². The Bertz CT molecular complexity index is 809. The van der Waals surface area contributed by atoms with Crippen LogP contribution in [0.15, 0.2) is 58.5 Å². The SMILES string of the molecule is O=C(C=Cc1ccco1)Nc1nc(-c2ccccc2Cl)cs1. The largest absolute Gasteiger partial charge is 0.465 e. The van der Waals surface area contributed by atoms with Crippen molar-refractivity contribution in [3.8, 4) is 11.3 Å². The van der Waals surface area contributed by atoms with Gasteiger partial charge >= 0.3 is 0 Å². The van der Waals surface area contributed by atoms with Gasteiger partial charge in [0.25, 0.3) is 0 Å². The minimum atomic E-state index is -0.267. The average Bonchev–Trinajstić information content (AvgIpc) is 3.17. The minimum absolute atomic E-state index is 0.267. The van der Waals surface area contributed by atoms with Gasteiger partial charge in [0, 0.05) is 22.0 Å². The average molecular weight is 331 g/mol. The summed E-state index contributed by atoms with van der Waals surface area (Å²) in [7, 11) is 0. The summed E-state index contributed by atoms with van der Waals surface area (Å²) in [6.45, 7) is 0. The third-order valence-electron chi connectivity index (χ3n) is 2.83. The predicted octanol–water partition coefficient (Wildman–Crippen LogP) is 4.71. The molecule has 0 aliphatic carbocycles. The Kier molecular flexibility index (Phi) is 4.37. The van der Waals surface area contributed by atoms with E-state index in [1.807, 2.05) is 23.6 Å². The molecule has 1 amide bonds. The van der Waals surface area contributed by atoms with Gasteiger partial charge in [0.1, 0.15) is 5.76 Å². The molecule has 3 aromatic rings. The van der Waals surface area contributed by atoms with Gasteiger partial charge < -0.3 is 4.42 Å². The maximum atomic E-state index is 11.8. The van der Waals surface area contributed by atoms with Crippen LogP contribution in [0, 0.1) is 0 Å². The van der Waals surface area contributed by atoms with Gasteiger partial charge in [-0.15, -0.1) is 11.3 Å². The summed E-state index contributed by atoms with van der Waals surface area (Å²) in [5.74, 6) is 0.350. The maximum absolute atomic E-state index is 11.8. The summed E-state index contributed by atoms with van der Waals surface area (Å²) in [6, 6.07) is 11.0. The summed E-state index contributed by atoms with van der Waals surface area (Å²) in [5, 5.41) is 5.71. The Morgan fingerprint density at radius 2 is 2.14 bits per heavy atom. The second kappa shape index (κ2) is 6.60. The number of nitrogens with one attached hydrogen (secondary N) is 1. The van der Waals surface area contributed by atoms with Gasteiger partial charge in [-0.3, -0.25) is 10.1 Å². The molecule has 0 saturated carbocycles. The quantitative estimate of drug-likeness (QED) is 0.705. The van der Waals surface area contributed by atoms with Gasteiger partial charge in [-0.1, -0.05) is 29.8 Å². The molecule has 0 spiro atoms. The summed E-state index contributed by atoms with van der Waals surface area (Å²) in [5.41, 5.74) is 1.58. The number of benzene rings is 1. The van der Waals surface area contributed by atoms with Gasteiger partial charge in [-0.2, -0.15) is 0 Å². The molecule has 0 aliphatic heterocycles. The van der Waals surface area contributed by atoms with Gasteiger partial charge in [-0.25, -0.2) is 4.98 Å². The molecule has 1 N–H and O–H groups in total. The van der Waals surface area contributed by atoms with Crippen LogP contribution in [0.2, 0.25) is 5.02 Å². The van der Waals surface area contributed by atoms with E-state index >= 15 is 0 Å². The van der Waals surface area contributed by atoms with Crippen LogP contribution in [-0.2, 0) is 4.79 Å². The normalized spacial score (nSPS) is 11.0. The van der Waals surface area contributed by atoms with Gasteiger partial charge in [0.2, 0.25) is 5.91 Å². The fourth-order valence-corrected chi connectivity index (χ4v) is 2.76. The van der Waals surface area contributed by atoms with Crippen LogP contribution in [0.25, 0.3) is 17.3 Å². The van der Waals surface area contributed by atoms with Crippen molar-refractivity contribution in [1.82, 2.24) is 4.98 Å². The van der Waals surface area contributed by atoms with Crippen LogP contribution in [0.3, 0.4) is 0 Å². The van der Waals surface area contributed by atoms with Crippen LogP contribution in [0.4, 0.5) is 5.13 Å². The molecule has 0 unspecified atom stereocenters. The molecule has 4 nitrogen and oxygen atoms in total. The van der Waals surface area contributed by atoms with E-state index in [0.717, 1.165) is 11.3 Å². The lowest BCUT2D eigenvalue weighted by Gasteiger charge is -1.99. The number of furan rings is 1. The van der Waals surface area contributed by atoms with Crippen molar-refractivity contribution in [3.63, 3.8) is 0 Å². The van der Waals surface area contributed by atoms with Crippen LogP contribution in [-0.4, -0.2) is 10.9 Å². The van der Waals surface area contributed by atoms with Gasteiger partial charge in [0.05, 0.1) is 12.0 Å². The Morgan fingerprint density at radius 1 is 1.27 bits per heavy atom. The van der Waals surface area contributed by atoms with Crippen LogP contribution in [0.5, 0.6) is 0 Å². The second-order valence-electron chi connectivity index (χ2n) is 4.36. The van der Waals surface area contributed by atoms with Gasteiger partial charge in [0.15, 0.2) is 5.13 Å². The van der Waals surface area contributed by atoms with Gasteiger partial charge in [-0.05, 0) is 24.3 Å². The highest BCUT2D eigenvalue weighted by atomic mass is 35.5. The summed E-state index contributed by atoms with van der Waals surface area (Å²) < 4.78 is 5.11. The number of hydrogen-bond acceptors (Lipinski definition) is 4. The Balaban J connectivity index is 1.69. The van der Waals surface area contributed by atoms with E-state index in [-0.39, 0.29) is 5.91 Å². The zero-order chi connectivity index (χ0) is 15.4. The molecule has 1 aromatic carbocycles. The Labute approximate surface area is 136 Å². The first-order valence-corrected chi connectivity index (χ1v) is 7.71. The molecule has 0 atom stereocenters. The number of carbonyl (C=O) groups is 1. The lowest BCUT2D eigenvalue weighted by Crippen LogP contribution is -2.07. The van der Waals surface area contributed by atoms with Crippen LogP contribution in [0.1, 0.15) is 5.76 Å². The van der Waals surface area contributed by atoms with Crippen molar-refractivity contribution in [2.45, 2.75) is 0 Å². The molecule has 0 saturated heterocycles. The predicted molar refractivity (Wildman–Crippen MR) is 88.9 cm³/mol. The number of nitrogens with zero attached hydrogens (tertiary/aromatic N) is 1. The van der Waals surface area contributed by atoms with E-state index in [0.29, 0.717) is 15.9 Å². The molecular formula is C16H11ClN2O2S. The monoisotopic (exact) mass is 330 g/mol. The third-order valence-corrected chi connectivity index (χ3v) is 3.91. The summed E-state index contributed by atoms with van der Waals surface area (Å²) in [4.78, 5) is 16.2. The Hall–Kier alpha value is -2.37. The first kappa shape index (κ1) is 14.6. The second-order valence-corrected chi connectivity index (χ2v) is 5.62. The molecule has 110 valence electrons. The molecule has 22 heavy (non-hydrogen) atoms. The smallest absolute Gasteiger partial charge is 0.250 e. The number of anilines is 1. The zero-order valence-electron chi connectivity index (χ0n) is 11.3. The molecule has 3 rings (SSSR count). The number of halogens is 1. The number of rotatable bonds is 4. The van der Waals surface area contributed by atoms with E-state index in [9.17, 15) is 4.79 Å². The lowest BCUT2D eigenvalue weighted by molar-refractivity contribution is -0.111. The highest BCUT2D eigenvalue weighted by Crippen LogP contribution is 2.30. The molecule has 0 bridgehead atoms. The molecule has 0 aliphatic rings. The first-order chi connectivity index (χ1) is 10.7. The molecule has 0 radical (unpaired) electrons.